The highest BCUT2D eigenvalue weighted by atomic mass is 35.5. The summed E-state index contributed by atoms with van der Waals surface area (Å²) in [5.41, 5.74) is 0.654. The summed E-state index contributed by atoms with van der Waals surface area (Å²) in [5.74, 6) is -0.0684. The standard InChI is InChI=1S/C19H15ClN2O4/c1-25-15-8-6-14(7-9-15)22-17(23)11-19(18(22)24)10-16(21-26-19)12-2-4-13(20)5-3-12/h2-9H,10-11H2,1H3. The zero-order valence-electron chi connectivity index (χ0n) is 13.9. The van der Waals surface area contributed by atoms with E-state index < -0.39 is 11.5 Å². The molecule has 1 atom stereocenters. The van der Waals surface area contributed by atoms with Crippen molar-refractivity contribution in [2.45, 2.75) is 18.4 Å². The van der Waals surface area contributed by atoms with Crippen molar-refractivity contribution in [1.29, 1.82) is 0 Å². The van der Waals surface area contributed by atoms with Crippen molar-refractivity contribution in [1.82, 2.24) is 0 Å². The Morgan fingerprint density at radius 2 is 1.77 bits per heavy atom. The van der Waals surface area contributed by atoms with E-state index in [9.17, 15) is 9.59 Å². The number of amides is 2. The van der Waals surface area contributed by atoms with Crippen LogP contribution < -0.4 is 9.64 Å². The maximum absolute atomic E-state index is 13.0. The first-order chi connectivity index (χ1) is 12.5. The average molecular weight is 371 g/mol. The summed E-state index contributed by atoms with van der Waals surface area (Å²) >= 11 is 5.90. The van der Waals surface area contributed by atoms with E-state index >= 15 is 0 Å². The van der Waals surface area contributed by atoms with Crippen LogP contribution in [0.1, 0.15) is 18.4 Å². The van der Waals surface area contributed by atoms with Gasteiger partial charge in [-0.15, -0.1) is 0 Å². The minimum absolute atomic E-state index is 0.0432. The van der Waals surface area contributed by atoms with Crippen LogP contribution in [0.4, 0.5) is 5.69 Å². The average Bonchev–Trinajstić information content (AvgIpc) is 3.18. The molecule has 2 aliphatic rings. The second-order valence-corrected chi connectivity index (χ2v) is 6.65. The number of rotatable bonds is 3. The van der Waals surface area contributed by atoms with E-state index in [-0.39, 0.29) is 18.7 Å². The van der Waals surface area contributed by atoms with Gasteiger partial charge >= 0.3 is 0 Å². The lowest BCUT2D eigenvalue weighted by atomic mass is 9.92. The molecule has 1 unspecified atom stereocenters. The lowest BCUT2D eigenvalue weighted by Gasteiger charge is -2.19. The second-order valence-electron chi connectivity index (χ2n) is 6.22. The molecule has 132 valence electrons. The van der Waals surface area contributed by atoms with E-state index in [0.29, 0.717) is 22.2 Å². The third-order valence-electron chi connectivity index (χ3n) is 4.57. The van der Waals surface area contributed by atoms with Gasteiger partial charge in [-0.05, 0) is 42.0 Å². The number of halogens is 1. The van der Waals surface area contributed by atoms with Gasteiger partial charge in [-0.25, -0.2) is 4.90 Å². The first-order valence-corrected chi connectivity index (χ1v) is 8.43. The summed E-state index contributed by atoms with van der Waals surface area (Å²) in [4.78, 5) is 32.1. The van der Waals surface area contributed by atoms with E-state index in [1.807, 2.05) is 12.1 Å². The van der Waals surface area contributed by atoms with Crippen molar-refractivity contribution in [2.75, 3.05) is 12.0 Å². The van der Waals surface area contributed by atoms with Crippen LogP contribution in [0, 0.1) is 0 Å². The van der Waals surface area contributed by atoms with Gasteiger partial charge in [-0.3, -0.25) is 9.59 Å². The predicted octanol–water partition coefficient (Wildman–Crippen LogP) is 3.18. The van der Waals surface area contributed by atoms with E-state index in [4.69, 9.17) is 21.2 Å². The highest BCUT2D eigenvalue weighted by Gasteiger charge is 2.58. The van der Waals surface area contributed by atoms with Gasteiger partial charge in [0.1, 0.15) is 5.75 Å². The van der Waals surface area contributed by atoms with Gasteiger partial charge in [-0.2, -0.15) is 0 Å². The quantitative estimate of drug-likeness (QED) is 0.778. The molecule has 0 N–H and O–H groups in total. The molecule has 2 amide bonds. The van der Waals surface area contributed by atoms with E-state index in [1.54, 1.807) is 43.5 Å². The fourth-order valence-corrected chi connectivity index (χ4v) is 3.32. The molecule has 4 rings (SSSR count). The van der Waals surface area contributed by atoms with Crippen molar-refractivity contribution in [3.8, 4) is 5.75 Å². The molecule has 0 aromatic heterocycles. The van der Waals surface area contributed by atoms with Crippen molar-refractivity contribution in [2.24, 2.45) is 5.16 Å². The summed E-state index contributed by atoms with van der Waals surface area (Å²) in [6.45, 7) is 0. The Morgan fingerprint density at radius 1 is 1.08 bits per heavy atom. The third-order valence-corrected chi connectivity index (χ3v) is 4.82. The molecule has 2 aromatic rings. The van der Waals surface area contributed by atoms with Gasteiger partial charge in [0.2, 0.25) is 11.5 Å². The van der Waals surface area contributed by atoms with Crippen LogP contribution in [0.3, 0.4) is 0 Å². The molecule has 2 heterocycles. The monoisotopic (exact) mass is 370 g/mol. The normalized spacial score (nSPS) is 21.9. The van der Waals surface area contributed by atoms with Crippen LogP contribution in [0.5, 0.6) is 5.75 Å². The lowest BCUT2D eigenvalue weighted by Crippen LogP contribution is -2.40. The Labute approximate surface area is 154 Å². The number of carbonyl (C=O) groups excluding carboxylic acids is 2. The number of hydrogen-bond donors (Lipinski definition) is 0. The largest absolute Gasteiger partial charge is 0.497 e. The Morgan fingerprint density at radius 3 is 2.42 bits per heavy atom. The summed E-state index contributed by atoms with van der Waals surface area (Å²) in [5, 5.41) is 4.68. The number of nitrogens with zero attached hydrogens (tertiary/aromatic N) is 2. The Bertz CT molecular complexity index is 908. The van der Waals surface area contributed by atoms with Gasteiger partial charge in [0.25, 0.3) is 5.91 Å². The maximum Gasteiger partial charge on any atom is 0.281 e. The molecular formula is C19H15ClN2O4. The number of oxime groups is 1. The van der Waals surface area contributed by atoms with E-state index in [1.165, 1.54) is 0 Å². The topological polar surface area (TPSA) is 68.2 Å². The number of imide groups is 1. The minimum Gasteiger partial charge on any atom is -0.497 e. The van der Waals surface area contributed by atoms with Crippen LogP contribution in [0.25, 0.3) is 0 Å². The molecule has 0 radical (unpaired) electrons. The smallest absolute Gasteiger partial charge is 0.281 e. The highest BCUT2D eigenvalue weighted by molar-refractivity contribution is 6.30. The molecule has 2 aromatic carbocycles. The number of hydrogen-bond acceptors (Lipinski definition) is 5. The molecule has 0 bridgehead atoms. The molecule has 0 aliphatic carbocycles. The van der Waals surface area contributed by atoms with Crippen LogP contribution in [-0.2, 0) is 14.4 Å². The summed E-state index contributed by atoms with van der Waals surface area (Å²) in [6.07, 6.45) is 0.199. The van der Waals surface area contributed by atoms with Gasteiger partial charge in [-0.1, -0.05) is 28.9 Å². The summed E-state index contributed by atoms with van der Waals surface area (Å²) < 4.78 is 5.11. The molecule has 1 fully saturated rings. The molecule has 26 heavy (non-hydrogen) atoms. The molecule has 2 aliphatic heterocycles. The van der Waals surface area contributed by atoms with Crippen molar-refractivity contribution in [3.63, 3.8) is 0 Å². The van der Waals surface area contributed by atoms with Gasteiger partial charge in [0.15, 0.2) is 0 Å². The van der Waals surface area contributed by atoms with Crippen molar-refractivity contribution < 1.29 is 19.2 Å². The van der Waals surface area contributed by atoms with E-state index in [0.717, 1.165) is 10.5 Å². The SMILES string of the molecule is COc1ccc(N2C(=O)CC3(CC(c4ccc(Cl)cc4)=NO3)C2=O)cc1. The number of benzene rings is 2. The van der Waals surface area contributed by atoms with Crippen LogP contribution in [-0.4, -0.2) is 30.2 Å². The maximum atomic E-state index is 13.0. The van der Waals surface area contributed by atoms with Crippen LogP contribution in [0.2, 0.25) is 5.02 Å². The first kappa shape index (κ1) is 16.6. The highest BCUT2D eigenvalue weighted by Crippen LogP contribution is 2.39. The van der Waals surface area contributed by atoms with Gasteiger partial charge in [0.05, 0.1) is 24.9 Å². The minimum atomic E-state index is -1.27. The molecule has 6 nitrogen and oxygen atoms in total. The Kier molecular flexibility index (Phi) is 3.92. The zero-order valence-corrected chi connectivity index (χ0v) is 14.7. The number of anilines is 1. The lowest BCUT2D eigenvalue weighted by molar-refractivity contribution is -0.136. The molecule has 1 saturated heterocycles. The summed E-state index contributed by atoms with van der Waals surface area (Å²) in [7, 11) is 1.55. The van der Waals surface area contributed by atoms with Gasteiger partial charge < -0.3 is 9.57 Å². The first-order valence-electron chi connectivity index (χ1n) is 8.05. The van der Waals surface area contributed by atoms with Crippen LogP contribution >= 0.6 is 11.6 Å². The molecule has 7 heteroatoms. The van der Waals surface area contributed by atoms with Gasteiger partial charge in [0, 0.05) is 11.4 Å². The van der Waals surface area contributed by atoms with E-state index in [2.05, 4.69) is 5.16 Å². The zero-order chi connectivity index (χ0) is 18.3. The van der Waals surface area contributed by atoms with Crippen molar-refractivity contribution in [3.05, 3.63) is 59.1 Å². The molecule has 1 spiro atoms. The molecule has 0 saturated carbocycles. The summed E-state index contributed by atoms with van der Waals surface area (Å²) in [6, 6.07) is 13.9. The fourth-order valence-electron chi connectivity index (χ4n) is 3.19. The van der Waals surface area contributed by atoms with Crippen molar-refractivity contribution >= 4 is 34.8 Å². The van der Waals surface area contributed by atoms with Crippen LogP contribution in [0.15, 0.2) is 53.7 Å². The molecular weight excluding hydrogens is 356 g/mol. The Balaban J connectivity index is 1.58. The number of carbonyl (C=O) groups is 2. The fraction of sp³-hybridized carbons (Fsp3) is 0.211. The second kappa shape index (κ2) is 6.14. The number of methoxy groups -OCH3 is 1. The predicted molar refractivity (Wildman–Crippen MR) is 96.5 cm³/mol. The Hall–Kier alpha value is -2.86. The third kappa shape index (κ3) is 2.63. The number of ether oxygens (including phenoxy) is 1.